The molecule has 2 atom stereocenters. The van der Waals surface area contributed by atoms with Crippen LogP contribution in [0.1, 0.15) is 26.2 Å². The zero-order valence-electron chi connectivity index (χ0n) is 18.2. The number of likely N-dealkylation sites (tertiary alicyclic amines) is 1. The van der Waals surface area contributed by atoms with Gasteiger partial charge >= 0.3 is 0 Å². The third kappa shape index (κ3) is 4.66. The number of ether oxygens (including phenoxy) is 1. The van der Waals surface area contributed by atoms with Crippen molar-refractivity contribution in [3.63, 3.8) is 0 Å². The summed E-state index contributed by atoms with van der Waals surface area (Å²) in [5.74, 6) is -0.0839. The summed E-state index contributed by atoms with van der Waals surface area (Å²) in [5, 5.41) is 0. The maximum absolute atomic E-state index is 12.7. The number of benzene rings is 1. The topological polar surface area (TPSA) is 70.2 Å². The highest BCUT2D eigenvalue weighted by Crippen LogP contribution is 2.35. The molecule has 2 heterocycles. The van der Waals surface area contributed by atoms with Gasteiger partial charge in [0.05, 0.1) is 37.2 Å². The molecule has 3 aliphatic rings. The van der Waals surface area contributed by atoms with E-state index < -0.39 is 0 Å². The molecule has 2 amide bonds. The number of amides is 2. The van der Waals surface area contributed by atoms with Crippen LogP contribution >= 0.6 is 0 Å². The van der Waals surface area contributed by atoms with Crippen LogP contribution in [0.2, 0.25) is 0 Å². The molecule has 1 aromatic carbocycles. The van der Waals surface area contributed by atoms with Crippen molar-refractivity contribution in [2.24, 2.45) is 11.8 Å². The number of imide groups is 1. The summed E-state index contributed by atoms with van der Waals surface area (Å²) in [6.45, 7) is 6.07. The van der Waals surface area contributed by atoms with Gasteiger partial charge in [-0.3, -0.25) is 24.2 Å². The molecule has 166 valence electrons. The molecule has 2 unspecified atom stereocenters. The lowest BCUT2D eigenvalue weighted by atomic mass is 9.85. The number of ketones is 1. The van der Waals surface area contributed by atoms with Crippen molar-refractivity contribution in [2.75, 3.05) is 50.8 Å². The number of carbonyl (C=O) groups excluding carboxylic acids is 3. The van der Waals surface area contributed by atoms with Crippen molar-refractivity contribution in [2.45, 2.75) is 26.2 Å². The lowest BCUT2D eigenvalue weighted by Gasteiger charge is -2.36. The Kier molecular flexibility index (Phi) is 6.70. The van der Waals surface area contributed by atoms with E-state index in [2.05, 4.69) is 22.8 Å². The van der Waals surface area contributed by atoms with Crippen molar-refractivity contribution >= 4 is 23.3 Å². The standard InChI is InChI=1S/C24H31N3O4/c1-2-15-31-22-10-6-5-9-21(22)26-13-11-25(12-14-26)16-18(28)17-27-23(29)19-7-3-4-8-20(19)24(27)30/h3-6,9-10,19-20H,2,7-8,11-17H2,1H3. The Morgan fingerprint density at radius 1 is 0.968 bits per heavy atom. The number of anilines is 1. The minimum atomic E-state index is -0.274. The second-order valence-corrected chi connectivity index (χ2v) is 8.54. The minimum absolute atomic E-state index is 0.0755. The smallest absolute Gasteiger partial charge is 0.233 e. The van der Waals surface area contributed by atoms with Crippen molar-refractivity contribution in [1.82, 2.24) is 9.80 Å². The molecule has 2 aliphatic heterocycles. The molecule has 0 saturated carbocycles. The van der Waals surface area contributed by atoms with Gasteiger partial charge in [-0.05, 0) is 31.4 Å². The van der Waals surface area contributed by atoms with Gasteiger partial charge in [0, 0.05) is 26.2 Å². The van der Waals surface area contributed by atoms with Gasteiger partial charge in [-0.2, -0.15) is 0 Å². The molecular weight excluding hydrogens is 394 g/mol. The zero-order chi connectivity index (χ0) is 21.8. The van der Waals surface area contributed by atoms with Crippen molar-refractivity contribution in [1.29, 1.82) is 0 Å². The Labute approximate surface area is 183 Å². The number of para-hydroxylation sites is 2. The molecule has 1 aliphatic carbocycles. The number of allylic oxidation sites excluding steroid dienone is 2. The number of carbonyl (C=O) groups is 3. The van der Waals surface area contributed by atoms with E-state index in [0.717, 1.165) is 44.0 Å². The van der Waals surface area contributed by atoms with Crippen molar-refractivity contribution in [3.8, 4) is 5.75 Å². The van der Waals surface area contributed by atoms with Crippen LogP contribution in [-0.4, -0.2) is 73.3 Å². The van der Waals surface area contributed by atoms with Crippen LogP contribution < -0.4 is 9.64 Å². The Morgan fingerprint density at radius 2 is 1.61 bits per heavy atom. The van der Waals surface area contributed by atoms with E-state index in [9.17, 15) is 14.4 Å². The van der Waals surface area contributed by atoms with E-state index in [4.69, 9.17) is 4.74 Å². The number of rotatable bonds is 8. The average molecular weight is 426 g/mol. The van der Waals surface area contributed by atoms with Gasteiger partial charge in [0.2, 0.25) is 11.8 Å². The van der Waals surface area contributed by atoms with E-state index in [-0.39, 0.29) is 42.5 Å². The zero-order valence-corrected chi connectivity index (χ0v) is 18.2. The van der Waals surface area contributed by atoms with Gasteiger partial charge in [0.1, 0.15) is 5.75 Å². The predicted octanol–water partition coefficient (Wildman–Crippen LogP) is 2.12. The van der Waals surface area contributed by atoms with Crippen LogP contribution in [0.25, 0.3) is 0 Å². The first-order valence-electron chi connectivity index (χ1n) is 11.3. The largest absolute Gasteiger partial charge is 0.491 e. The molecule has 2 saturated heterocycles. The Hall–Kier alpha value is -2.67. The number of nitrogens with zero attached hydrogens (tertiary/aromatic N) is 3. The maximum atomic E-state index is 12.7. The number of fused-ring (bicyclic) bond motifs is 1. The van der Waals surface area contributed by atoms with Crippen LogP contribution in [0.4, 0.5) is 5.69 Å². The molecule has 2 fully saturated rings. The number of Topliss-reactive ketones (excluding diaryl/α,β-unsaturated/α-hetero) is 1. The van der Waals surface area contributed by atoms with Crippen molar-refractivity contribution < 1.29 is 19.1 Å². The van der Waals surface area contributed by atoms with E-state index in [1.165, 1.54) is 4.90 Å². The third-order valence-electron chi connectivity index (χ3n) is 6.37. The van der Waals surface area contributed by atoms with Gasteiger partial charge in [0.15, 0.2) is 5.78 Å². The summed E-state index contributed by atoms with van der Waals surface area (Å²) in [5.41, 5.74) is 1.09. The highest BCUT2D eigenvalue weighted by atomic mass is 16.5. The summed E-state index contributed by atoms with van der Waals surface area (Å²) in [4.78, 5) is 43.4. The highest BCUT2D eigenvalue weighted by molar-refractivity contribution is 6.07. The molecule has 1 aromatic rings. The second-order valence-electron chi connectivity index (χ2n) is 8.54. The van der Waals surface area contributed by atoms with Gasteiger partial charge in [-0.15, -0.1) is 0 Å². The van der Waals surface area contributed by atoms with E-state index in [1.54, 1.807) is 0 Å². The monoisotopic (exact) mass is 425 g/mol. The lowest BCUT2D eigenvalue weighted by Crippen LogP contribution is -2.49. The molecule has 0 bridgehead atoms. The van der Waals surface area contributed by atoms with Crippen LogP contribution in [-0.2, 0) is 14.4 Å². The van der Waals surface area contributed by atoms with Crippen LogP contribution in [0.5, 0.6) is 5.75 Å². The molecule has 0 radical (unpaired) electrons. The normalized spacial score (nSPS) is 23.9. The minimum Gasteiger partial charge on any atom is -0.491 e. The first kappa shape index (κ1) is 21.6. The number of hydrogen-bond acceptors (Lipinski definition) is 6. The van der Waals surface area contributed by atoms with Gasteiger partial charge in [-0.1, -0.05) is 31.2 Å². The highest BCUT2D eigenvalue weighted by Gasteiger charge is 2.47. The van der Waals surface area contributed by atoms with Gasteiger partial charge < -0.3 is 9.64 Å². The third-order valence-corrected chi connectivity index (χ3v) is 6.37. The number of piperazine rings is 1. The molecule has 0 aromatic heterocycles. The first-order valence-corrected chi connectivity index (χ1v) is 11.3. The average Bonchev–Trinajstić information content (AvgIpc) is 3.03. The fourth-order valence-corrected chi connectivity index (χ4v) is 4.70. The van der Waals surface area contributed by atoms with Crippen molar-refractivity contribution in [3.05, 3.63) is 36.4 Å². The number of hydrogen-bond donors (Lipinski definition) is 0. The Morgan fingerprint density at radius 3 is 2.26 bits per heavy atom. The SMILES string of the molecule is CCCOc1ccccc1N1CCN(CC(=O)CN2C(=O)C3CC=CCC3C2=O)CC1. The fourth-order valence-electron chi connectivity index (χ4n) is 4.70. The fraction of sp³-hybridized carbons (Fsp3) is 0.542. The first-order chi connectivity index (χ1) is 15.1. The summed E-state index contributed by atoms with van der Waals surface area (Å²) in [6.07, 6.45) is 6.09. The Bertz CT molecular complexity index is 834. The molecule has 0 spiro atoms. The molecule has 31 heavy (non-hydrogen) atoms. The lowest BCUT2D eigenvalue weighted by molar-refractivity contribution is -0.143. The molecule has 7 nitrogen and oxygen atoms in total. The van der Waals surface area contributed by atoms with Gasteiger partial charge in [0.25, 0.3) is 0 Å². The van der Waals surface area contributed by atoms with E-state index >= 15 is 0 Å². The Balaban J connectivity index is 1.28. The van der Waals surface area contributed by atoms with E-state index in [0.29, 0.717) is 19.4 Å². The second kappa shape index (κ2) is 9.64. The summed E-state index contributed by atoms with van der Waals surface area (Å²) in [7, 11) is 0. The van der Waals surface area contributed by atoms with E-state index in [1.807, 2.05) is 30.4 Å². The molecule has 7 heteroatoms. The quantitative estimate of drug-likeness (QED) is 0.469. The van der Waals surface area contributed by atoms with Crippen LogP contribution in [0.3, 0.4) is 0 Å². The van der Waals surface area contributed by atoms with Gasteiger partial charge in [-0.25, -0.2) is 0 Å². The van der Waals surface area contributed by atoms with Crippen LogP contribution in [0.15, 0.2) is 36.4 Å². The molecule has 0 N–H and O–H groups in total. The molecule has 4 rings (SSSR count). The summed E-state index contributed by atoms with van der Waals surface area (Å²) in [6, 6.07) is 8.07. The summed E-state index contributed by atoms with van der Waals surface area (Å²) >= 11 is 0. The molecular formula is C24H31N3O4. The summed E-state index contributed by atoms with van der Waals surface area (Å²) < 4.78 is 5.88. The predicted molar refractivity (Wildman–Crippen MR) is 118 cm³/mol. The maximum Gasteiger partial charge on any atom is 0.233 e. The van der Waals surface area contributed by atoms with Crippen LogP contribution in [0, 0.1) is 11.8 Å².